The topological polar surface area (TPSA) is 70.2 Å². The van der Waals surface area contributed by atoms with Crippen LogP contribution < -0.4 is 16.0 Å². The smallest absolute Gasteiger partial charge is 0.319 e. The van der Waals surface area contributed by atoms with Gasteiger partial charge in [-0.15, -0.1) is 0 Å². The summed E-state index contributed by atoms with van der Waals surface area (Å²) in [5.41, 5.74) is 4.72. The molecule has 0 saturated carbocycles. The molecule has 33 heavy (non-hydrogen) atoms. The van der Waals surface area contributed by atoms with E-state index in [-0.39, 0.29) is 24.5 Å². The number of amides is 3. The number of hydrogen-bond acceptors (Lipinski definition) is 2. The lowest BCUT2D eigenvalue weighted by Crippen LogP contribution is -2.39. The molecule has 0 aliphatic carbocycles. The van der Waals surface area contributed by atoms with Crippen LogP contribution in [0.2, 0.25) is 0 Å². The molecular weight excluding hydrogens is 410 g/mol. The molecule has 3 aromatic carbocycles. The minimum atomic E-state index is -0.356. The van der Waals surface area contributed by atoms with Crippen LogP contribution in [0.3, 0.4) is 0 Å². The highest BCUT2D eigenvalue weighted by Gasteiger charge is 2.18. The van der Waals surface area contributed by atoms with Gasteiger partial charge in [0.1, 0.15) is 0 Å². The molecule has 172 valence electrons. The Labute approximate surface area is 196 Å². The Morgan fingerprint density at radius 3 is 1.91 bits per heavy atom. The molecule has 3 N–H and O–H groups in total. The van der Waals surface area contributed by atoms with E-state index in [0.717, 1.165) is 48.1 Å². The van der Waals surface area contributed by atoms with Crippen molar-refractivity contribution in [3.63, 3.8) is 0 Å². The maximum absolute atomic E-state index is 12.9. The standard InChI is InChI=1S/C28H33N3O2/c1-3-12-22-18-11-19-23(13-4-2)26(22)31-28(33)29-20-25(21-14-7-5-8-15-21)30-27(32)24-16-9-6-10-17-24/h5-11,14-19,25H,3-4,12-13,20H2,1-2H3,(H,30,32)(H2,29,31,33). The van der Waals surface area contributed by atoms with Crippen molar-refractivity contribution in [1.82, 2.24) is 10.6 Å². The fraction of sp³-hybridized carbons (Fsp3) is 0.286. The quantitative estimate of drug-likeness (QED) is 0.366. The Morgan fingerprint density at radius 2 is 1.33 bits per heavy atom. The van der Waals surface area contributed by atoms with Crippen molar-refractivity contribution in [3.05, 3.63) is 101 Å². The molecular formula is C28H33N3O2. The molecule has 0 aliphatic heterocycles. The van der Waals surface area contributed by atoms with Crippen LogP contribution in [0.4, 0.5) is 10.5 Å². The number of carbonyl (C=O) groups is 2. The fourth-order valence-corrected chi connectivity index (χ4v) is 3.89. The number of hydrogen-bond donors (Lipinski definition) is 3. The average molecular weight is 444 g/mol. The predicted octanol–water partition coefficient (Wildman–Crippen LogP) is 5.88. The van der Waals surface area contributed by atoms with Crippen molar-refractivity contribution in [3.8, 4) is 0 Å². The highest BCUT2D eigenvalue weighted by Crippen LogP contribution is 2.24. The van der Waals surface area contributed by atoms with Gasteiger partial charge in [0.2, 0.25) is 0 Å². The van der Waals surface area contributed by atoms with Crippen LogP contribution >= 0.6 is 0 Å². The first-order valence-electron chi connectivity index (χ1n) is 11.7. The second-order valence-electron chi connectivity index (χ2n) is 8.09. The van der Waals surface area contributed by atoms with E-state index in [4.69, 9.17) is 0 Å². The fourth-order valence-electron chi connectivity index (χ4n) is 3.89. The molecule has 3 aromatic rings. The molecule has 0 fully saturated rings. The van der Waals surface area contributed by atoms with Gasteiger partial charge < -0.3 is 16.0 Å². The van der Waals surface area contributed by atoms with Crippen LogP contribution in [-0.2, 0) is 12.8 Å². The Bertz CT molecular complexity index is 1010. The Balaban J connectivity index is 1.72. The van der Waals surface area contributed by atoms with E-state index in [0.29, 0.717) is 5.56 Å². The molecule has 1 atom stereocenters. The number of para-hydroxylation sites is 1. The minimum absolute atomic E-state index is 0.176. The molecule has 5 nitrogen and oxygen atoms in total. The van der Waals surface area contributed by atoms with E-state index < -0.39 is 0 Å². The molecule has 0 saturated heterocycles. The van der Waals surface area contributed by atoms with Crippen molar-refractivity contribution in [2.24, 2.45) is 0 Å². The van der Waals surface area contributed by atoms with E-state index in [1.165, 1.54) is 0 Å². The summed E-state index contributed by atoms with van der Waals surface area (Å²) in [7, 11) is 0. The molecule has 0 bridgehead atoms. The second-order valence-corrected chi connectivity index (χ2v) is 8.09. The van der Waals surface area contributed by atoms with Gasteiger partial charge in [-0.2, -0.15) is 0 Å². The first kappa shape index (κ1) is 24.1. The summed E-state index contributed by atoms with van der Waals surface area (Å²) in [5, 5.41) is 9.09. The maximum atomic E-state index is 12.9. The predicted molar refractivity (Wildman–Crippen MR) is 135 cm³/mol. The van der Waals surface area contributed by atoms with Crippen molar-refractivity contribution < 1.29 is 9.59 Å². The lowest BCUT2D eigenvalue weighted by Gasteiger charge is -2.21. The SMILES string of the molecule is CCCc1cccc(CCC)c1NC(=O)NCC(NC(=O)c1ccccc1)c1ccccc1. The summed E-state index contributed by atoms with van der Waals surface area (Å²) in [6.45, 7) is 4.54. The van der Waals surface area contributed by atoms with Crippen LogP contribution in [0.25, 0.3) is 0 Å². The van der Waals surface area contributed by atoms with Gasteiger partial charge in [0.05, 0.1) is 6.04 Å². The van der Waals surface area contributed by atoms with Gasteiger partial charge in [0.15, 0.2) is 0 Å². The van der Waals surface area contributed by atoms with Crippen molar-refractivity contribution in [1.29, 1.82) is 0 Å². The molecule has 0 aromatic heterocycles. The zero-order valence-corrected chi connectivity index (χ0v) is 19.4. The normalized spacial score (nSPS) is 11.5. The van der Waals surface area contributed by atoms with Gasteiger partial charge in [-0.25, -0.2) is 4.79 Å². The first-order chi connectivity index (χ1) is 16.1. The zero-order chi connectivity index (χ0) is 23.5. The number of anilines is 1. The van der Waals surface area contributed by atoms with Gasteiger partial charge >= 0.3 is 6.03 Å². The third kappa shape index (κ3) is 6.94. The number of benzene rings is 3. The summed E-state index contributed by atoms with van der Waals surface area (Å²) in [4.78, 5) is 25.6. The Hall–Kier alpha value is -3.60. The van der Waals surface area contributed by atoms with Gasteiger partial charge in [-0.3, -0.25) is 4.79 Å². The summed E-state index contributed by atoms with van der Waals surface area (Å²) in [5.74, 6) is -0.176. The third-order valence-electron chi connectivity index (χ3n) is 5.52. The first-order valence-corrected chi connectivity index (χ1v) is 11.7. The van der Waals surface area contributed by atoms with Crippen LogP contribution in [0.15, 0.2) is 78.9 Å². The van der Waals surface area contributed by atoms with Crippen molar-refractivity contribution in [2.45, 2.75) is 45.6 Å². The third-order valence-corrected chi connectivity index (χ3v) is 5.52. The largest absolute Gasteiger partial charge is 0.343 e. The lowest BCUT2D eigenvalue weighted by atomic mass is 10.0. The summed E-state index contributed by atoms with van der Waals surface area (Å²) < 4.78 is 0. The number of rotatable bonds is 10. The van der Waals surface area contributed by atoms with E-state index >= 15 is 0 Å². The molecule has 3 amide bonds. The summed E-state index contributed by atoms with van der Waals surface area (Å²) >= 11 is 0. The van der Waals surface area contributed by atoms with E-state index in [1.54, 1.807) is 12.1 Å². The van der Waals surface area contributed by atoms with Gasteiger partial charge in [-0.05, 0) is 41.7 Å². The molecule has 1 unspecified atom stereocenters. The van der Waals surface area contributed by atoms with E-state index in [9.17, 15) is 9.59 Å². The van der Waals surface area contributed by atoms with Crippen LogP contribution in [0.1, 0.15) is 59.8 Å². The minimum Gasteiger partial charge on any atom is -0.343 e. The van der Waals surface area contributed by atoms with Crippen molar-refractivity contribution >= 4 is 17.6 Å². The Kier molecular flexibility index (Phi) is 9.07. The number of aryl methyl sites for hydroxylation is 2. The van der Waals surface area contributed by atoms with Gasteiger partial charge in [0, 0.05) is 17.8 Å². The summed E-state index contributed by atoms with van der Waals surface area (Å²) in [6, 6.07) is 24.4. The molecule has 3 rings (SSSR count). The van der Waals surface area contributed by atoms with Crippen LogP contribution in [-0.4, -0.2) is 18.5 Å². The zero-order valence-electron chi connectivity index (χ0n) is 19.4. The molecule has 0 spiro atoms. The van der Waals surface area contributed by atoms with Crippen molar-refractivity contribution in [2.75, 3.05) is 11.9 Å². The van der Waals surface area contributed by atoms with Gasteiger partial charge in [-0.1, -0.05) is 93.4 Å². The van der Waals surface area contributed by atoms with E-state index in [1.807, 2.05) is 48.5 Å². The van der Waals surface area contributed by atoms with E-state index in [2.05, 4.69) is 48.0 Å². The molecule has 0 aliphatic rings. The number of urea groups is 1. The summed E-state index contributed by atoms with van der Waals surface area (Å²) in [6.07, 6.45) is 3.83. The van der Waals surface area contributed by atoms with Crippen LogP contribution in [0.5, 0.6) is 0 Å². The van der Waals surface area contributed by atoms with Crippen LogP contribution in [0, 0.1) is 0 Å². The maximum Gasteiger partial charge on any atom is 0.319 e. The average Bonchev–Trinajstić information content (AvgIpc) is 2.85. The highest BCUT2D eigenvalue weighted by atomic mass is 16.2. The number of carbonyl (C=O) groups excluding carboxylic acids is 2. The van der Waals surface area contributed by atoms with Gasteiger partial charge in [0.25, 0.3) is 5.91 Å². The molecule has 5 heteroatoms. The monoisotopic (exact) mass is 443 g/mol. The Morgan fingerprint density at radius 1 is 0.758 bits per heavy atom. The molecule has 0 heterocycles. The molecule has 0 radical (unpaired) electrons. The second kappa shape index (κ2) is 12.4. The number of nitrogens with one attached hydrogen (secondary N) is 3. The highest BCUT2D eigenvalue weighted by molar-refractivity contribution is 5.94. The lowest BCUT2D eigenvalue weighted by molar-refractivity contribution is 0.0936.